The molecule has 0 saturated carbocycles. The summed E-state index contributed by atoms with van der Waals surface area (Å²) in [7, 11) is 0. The number of anilines is 2. The van der Waals surface area contributed by atoms with Gasteiger partial charge in [-0.2, -0.15) is 10.4 Å². The van der Waals surface area contributed by atoms with E-state index in [9.17, 15) is 0 Å². The van der Waals surface area contributed by atoms with Crippen molar-refractivity contribution in [1.82, 2.24) is 9.97 Å². The summed E-state index contributed by atoms with van der Waals surface area (Å²) in [4.78, 5) is 8.32. The Labute approximate surface area is 137 Å². The second-order valence-corrected chi connectivity index (χ2v) is 5.47. The van der Waals surface area contributed by atoms with Gasteiger partial charge in [-0.05, 0) is 17.7 Å². The van der Waals surface area contributed by atoms with Gasteiger partial charge in [-0.1, -0.05) is 24.3 Å². The SMILES string of the molecule is N#Cc1ccnc(-c2ccc(C=NNc3nc(N)cs3)cc2)c1. The number of thiazole rings is 1. The van der Waals surface area contributed by atoms with Crippen molar-refractivity contribution in [1.29, 1.82) is 5.26 Å². The van der Waals surface area contributed by atoms with Crippen LogP contribution in [0.2, 0.25) is 0 Å². The molecule has 0 aliphatic heterocycles. The molecule has 0 fully saturated rings. The van der Waals surface area contributed by atoms with Gasteiger partial charge < -0.3 is 5.73 Å². The molecule has 0 spiro atoms. The fourth-order valence-corrected chi connectivity index (χ4v) is 2.45. The highest BCUT2D eigenvalue weighted by Gasteiger charge is 2.01. The molecule has 0 aliphatic rings. The van der Waals surface area contributed by atoms with Gasteiger partial charge in [0.1, 0.15) is 5.82 Å². The van der Waals surface area contributed by atoms with Crippen LogP contribution in [0.1, 0.15) is 11.1 Å². The average Bonchev–Trinajstić information content (AvgIpc) is 3.01. The van der Waals surface area contributed by atoms with Crippen molar-refractivity contribution in [3.63, 3.8) is 0 Å². The average molecular weight is 320 g/mol. The first-order chi connectivity index (χ1) is 11.2. The fraction of sp³-hybridized carbons (Fsp3) is 0. The number of nitrogens with one attached hydrogen (secondary N) is 1. The molecular formula is C16H12N6S. The Kier molecular flexibility index (Phi) is 4.27. The highest BCUT2D eigenvalue weighted by atomic mass is 32.1. The van der Waals surface area contributed by atoms with Crippen molar-refractivity contribution < 1.29 is 0 Å². The third-order valence-corrected chi connectivity index (χ3v) is 3.76. The number of nitrogens with zero attached hydrogens (tertiary/aromatic N) is 4. The summed E-state index contributed by atoms with van der Waals surface area (Å²) >= 11 is 1.39. The zero-order valence-corrected chi connectivity index (χ0v) is 12.8. The van der Waals surface area contributed by atoms with Crippen LogP contribution in [0.3, 0.4) is 0 Å². The molecule has 6 nitrogen and oxygen atoms in total. The van der Waals surface area contributed by atoms with Gasteiger partial charge in [-0.3, -0.25) is 10.4 Å². The molecule has 7 heteroatoms. The first-order valence-electron chi connectivity index (χ1n) is 6.71. The summed E-state index contributed by atoms with van der Waals surface area (Å²) in [6.45, 7) is 0. The fourth-order valence-electron chi connectivity index (χ4n) is 1.90. The first kappa shape index (κ1) is 14.7. The number of hydrazone groups is 1. The van der Waals surface area contributed by atoms with Gasteiger partial charge in [-0.15, -0.1) is 11.3 Å². The van der Waals surface area contributed by atoms with Crippen LogP contribution in [-0.2, 0) is 0 Å². The van der Waals surface area contributed by atoms with Crippen LogP contribution in [0.15, 0.2) is 53.1 Å². The largest absolute Gasteiger partial charge is 0.383 e. The van der Waals surface area contributed by atoms with E-state index in [2.05, 4.69) is 26.6 Å². The lowest BCUT2D eigenvalue weighted by Crippen LogP contribution is -1.91. The van der Waals surface area contributed by atoms with Gasteiger partial charge in [0.2, 0.25) is 5.13 Å². The van der Waals surface area contributed by atoms with E-state index in [-0.39, 0.29) is 0 Å². The van der Waals surface area contributed by atoms with Crippen molar-refractivity contribution in [2.24, 2.45) is 5.10 Å². The zero-order valence-electron chi connectivity index (χ0n) is 12.0. The summed E-state index contributed by atoms with van der Waals surface area (Å²) < 4.78 is 0. The van der Waals surface area contributed by atoms with Crippen LogP contribution in [0.5, 0.6) is 0 Å². The van der Waals surface area contributed by atoms with Crippen LogP contribution in [0, 0.1) is 11.3 Å². The van der Waals surface area contributed by atoms with E-state index >= 15 is 0 Å². The third-order valence-electron chi connectivity index (χ3n) is 2.99. The Morgan fingerprint density at radius 2 is 2.09 bits per heavy atom. The summed E-state index contributed by atoms with van der Waals surface area (Å²) in [5, 5.41) is 15.4. The molecule has 0 saturated heterocycles. The Hall–Kier alpha value is -3.24. The predicted molar refractivity (Wildman–Crippen MR) is 92.1 cm³/mol. The quantitative estimate of drug-likeness (QED) is 0.568. The number of aromatic nitrogens is 2. The van der Waals surface area contributed by atoms with Crippen LogP contribution in [0.4, 0.5) is 10.9 Å². The lowest BCUT2D eigenvalue weighted by atomic mass is 10.1. The predicted octanol–water partition coefficient (Wildman–Crippen LogP) is 3.10. The molecule has 3 N–H and O–H groups in total. The topological polar surface area (TPSA) is 100.0 Å². The normalized spacial score (nSPS) is 10.6. The van der Waals surface area contributed by atoms with Crippen molar-refractivity contribution in [3.8, 4) is 17.3 Å². The van der Waals surface area contributed by atoms with E-state index in [0.717, 1.165) is 16.8 Å². The molecule has 2 aromatic heterocycles. The van der Waals surface area contributed by atoms with Gasteiger partial charge in [-0.25, -0.2) is 4.98 Å². The molecule has 23 heavy (non-hydrogen) atoms. The molecule has 0 atom stereocenters. The van der Waals surface area contributed by atoms with E-state index in [1.54, 1.807) is 29.9 Å². The lowest BCUT2D eigenvalue weighted by Gasteiger charge is -2.01. The maximum absolute atomic E-state index is 8.93. The maximum Gasteiger partial charge on any atom is 0.205 e. The first-order valence-corrected chi connectivity index (χ1v) is 7.59. The Morgan fingerprint density at radius 3 is 2.78 bits per heavy atom. The number of rotatable bonds is 4. The summed E-state index contributed by atoms with van der Waals surface area (Å²) in [5.41, 5.74) is 11.6. The third kappa shape index (κ3) is 3.70. The maximum atomic E-state index is 8.93. The number of benzene rings is 1. The van der Waals surface area contributed by atoms with Gasteiger partial charge in [0.25, 0.3) is 0 Å². The van der Waals surface area contributed by atoms with Crippen LogP contribution >= 0.6 is 11.3 Å². The smallest absolute Gasteiger partial charge is 0.205 e. The van der Waals surface area contributed by atoms with Gasteiger partial charge >= 0.3 is 0 Å². The van der Waals surface area contributed by atoms with E-state index < -0.39 is 0 Å². The van der Waals surface area contributed by atoms with E-state index in [0.29, 0.717) is 16.5 Å². The molecule has 0 amide bonds. The van der Waals surface area contributed by atoms with Gasteiger partial charge in [0.05, 0.1) is 23.5 Å². The highest BCUT2D eigenvalue weighted by Crippen LogP contribution is 2.18. The molecule has 0 aliphatic carbocycles. The van der Waals surface area contributed by atoms with E-state index in [1.807, 2.05) is 24.3 Å². The Balaban J connectivity index is 1.70. The lowest BCUT2D eigenvalue weighted by molar-refractivity contribution is 1.29. The summed E-state index contributed by atoms with van der Waals surface area (Å²) in [6, 6.07) is 13.3. The van der Waals surface area contributed by atoms with Crippen LogP contribution < -0.4 is 11.2 Å². The Morgan fingerprint density at radius 1 is 1.26 bits per heavy atom. The number of nitriles is 1. The number of hydrogen-bond acceptors (Lipinski definition) is 7. The van der Waals surface area contributed by atoms with Crippen LogP contribution in [0.25, 0.3) is 11.3 Å². The van der Waals surface area contributed by atoms with Crippen molar-refractivity contribution in [3.05, 3.63) is 59.1 Å². The molecule has 0 bridgehead atoms. The second-order valence-electron chi connectivity index (χ2n) is 4.61. The molecule has 3 aromatic rings. The molecule has 2 heterocycles. The molecule has 112 valence electrons. The van der Waals surface area contributed by atoms with Gasteiger partial charge in [0, 0.05) is 17.1 Å². The molecular weight excluding hydrogens is 308 g/mol. The molecule has 0 unspecified atom stereocenters. The Bertz CT molecular complexity index is 876. The van der Waals surface area contributed by atoms with Crippen LogP contribution in [-0.4, -0.2) is 16.2 Å². The number of pyridine rings is 1. The highest BCUT2D eigenvalue weighted by molar-refractivity contribution is 7.14. The zero-order chi connectivity index (χ0) is 16.1. The summed E-state index contributed by atoms with van der Waals surface area (Å²) in [6.07, 6.45) is 3.33. The monoisotopic (exact) mass is 320 g/mol. The molecule has 3 rings (SSSR count). The molecule has 1 aromatic carbocycles. The minimum absolute atomic E-state index is 0.476. The standard InChI is InChI=1S/C16H12N6S/c17-8-12-5-6-19-14(7-12)13-3-1-11(2-4-13)9-20-22-16-21-15(18)10-23-16/h1-7,9-10H,18H2,(H,21,22). The number of nitrogen functional groups attached to an aromatic ring is 1. The molecule has 0 radical (unpaired) electrons. The van der Waals surface area contributed by atoms with Crippen molar-refractivity contribution >= 4 is 28.5 Å². The minimum atomic E-state index is 0.476. The van der Waals surface area contributed by atoms with E-state index in [1.165, 1.54) is 11.3 Å². The second kappa shape index (κ2) is 6.68. The van der Waals surface area contributed by atoms with Crippen molar-refractivity contribution in [2.45, 2.75) is 0 Å². The van der Waals surface area contributed by atoms with E-state index in [4.69, 9.17) is 11.0 Å². The number of hydrogen-bond donors (Lipinski definition) is 2. The minimum Gasteiger partial charge on any atom is -0.383 e. The summed E-state index contributed by atoms with van der Waals surface area (Å²) in [5.74, 6) is 0.476. The number of nitrogens with two attached hydrogens (primary N) is 1. The van der Waals surface area contributed by atoms with Crippen molar-refractivity contribution in [2.75, 3.05) is 11.2 Å². The van der Waals surface area contributed by atoms with Gasteiger partial charge in [0.15, 0.2) is 0 Å².